The molecule has 0 aliphatic rings. The number of nitrogens with zero attached hydrogens (tertiary/aromatic N) is 3. The Labute approximate surface area is 148 Å². The van der Waals surface area contributed by atoms with Gasteiger partial charge >= 0.3 is 0 Å². The summed E-state index contributed by atoms with van der Waals surface area (Å²) < 4.78 is 27.8. The molecule has 3 aromatic rings. The number of nitro groups is 1. The van der Waals surface area contributed by atoms with E-state index >= 15 is 0 Å². The molecule has 0 saturated carbocycles. The molecule has 3 rings (SSSR count). The SMILES string of the molecule is Cc1c([N+](=O)[O-])cccc1S(=O)(=O)N(C)Cc1nc2ccccc2s1. The van der Waals surface area contributed by atoms with Gasteiger partial charge in [-0.1, -0.05) is 18.2 Å². The van der Waals surface area contributed by atoms with Crippen LogP contribution in [0.2, 0.25) is 0 Å². The molecule has 0 aliphatic heterocycles. The molecule has 0 atom stereocenters. The van der Waals surface area contributed by atoms with Crippen LogP contribution in [-0.4, -0.2) is 29.7 Å². The van der Waals surface area contributed by atoms with Gasteiger partial charge in [-0.3, -0.25) is 10.1 Å². The van der Waals surface area contributed by atoms with Gasteiger partial charge in [0.1, 0.15) is 5.01 Å². The summed E-state index contributed by atoms with van der Waals surface area (Å²) in [6.45, 7) is 1.54. The first-order valence-electron chi connectivity index (χ1n) is 7.35. The lowest BCUT2D eigenvalue weighted by molar-refractivity contribution is -0.385. The molecular formula is C16H15N3O4S2. The van der Waals surface area contributed by atoms with E-state index < -0.39 is 14.9 Å². The zero-order valence-electron chi connectivity index (χ0n) is 13.5. The molecule has 0 N–H and O–H groups in total. The molecule has 0 aliphatic carbocycles. The number of para-hydroxylation sites is 1. The highest BCUT2D eigenvalue weighted by atomic mass is 32.2. The van der Waals surface area contributed by atoms with Gasteiger partial charge in [0.2, 0.25) is 10.0 Å². The molecule has 9 heteroatoms. The Morgan fingerprint density at radius 2 is 1.92 bits per heavy atom. The maximum absolute atomic E-state index is 12.8. The van der Waals surface area contributed by atoms with Crippen LogP contribution < -0.4 is 0 Å². The Morgan fingerprint density at radius 3 is 2.60 bits per heavy atom. The van der Waals surface area contributed by atoms with Crippen molar-refractivity contribution in [3.05, 3.63) is 63.1 Å². The monoisotopic (exact) mass is 377 g/mol. The number of benzene rings is 2. The molecule has 7 nitrogen and oxygen atoms in total. The van der Waals surface area contributed by atoms with E-state index in [1.165, 1.54) is 43.5 Å². The van der Waals surface area contributed by atoms with Gasteiger partial charge < -0.3 is 0 Å². The molecule has 1 heterocycles. The van der Waals surface area contributed by atoms with Gasteiger partial charge in [-0.15, -0.1) is 11.3 Å². The van der Waals surface area contributed by atoms with Crippen LogP contribution in [0.1, 0.15) is 10.6 Å². The molecule has 25 heavy (non-hydrogen) atoms. The van der Waals surface area contributed by atoms with E-state index in [2.05, 4.69) is 4.98 Å². The largest absolute Gasteiger partial charge is 0.273 e. The molecule has 1 aromatic heterocycles. The van der Waals surface area contributed by atoms with Crippen LogP contribution in [0.3, 0.4) is 0 Å². The average Bonchev–Trinajstić information content (AvgIpc) is 2.96. The Hall–Kier alpha value is -2.36. The van der Waals surface area contributed by atoms with E-state index in [4.69, 9.17) is 0 Å². The zero-order chi connectivity index (χ0) is 18.2. The van der Waals surface area contributed by atoms with E-state index in [1.54, 1.807) is 0 Å². The fraction of sp³-hybridized carbons (Fsp3) is 0.188. The minimum atomic E-state index is -3.87. The van der Waals surface area contributed by atoms with Crippen molar-refractivity contribution < 1.29 is 13.3 Å². The summed E-state index contributed by atoms with van der Waals surface area (Å²) in [5.74, 6) is 0. The van der Waals surface area contributed by atoms with E-state index in [0.717, 1.165) is 14.5 Å². The second-order valence-electron chi connectivity index (χ2n) is 5.49. The van der Waals surface area contributed by atoms with Crippen LogP contribution in [0.25, 0.3) is 10.2 Å². The number of hydrogen-bond donors (Lipinski definition) is 0. The Bertz CT molecular complexity index is 1030. The third-order valence-corrected chi connectivity index (χ3v) is 6.81. The molecule has 2 aromatic carbocycles. The summed E-state index contributed by atoms with van der Waals surface area (Å²) in [5.41, 5.74) is 0.734. The van der Waals surface area contributed by atoms with E-state index in [9.17, 15) is 18.5 Å². The maximum Gasteiger partial charge on any atom is 0.273 e. The number of thiazole rings is 1. The lowest BCUT2D eigenvalue weighted by Gasteiger charge is -2.17. The first-order chi connectivity index (χ1) is 11.8. The van der Waals surface area contributed by atoms with Crippen molar-refractivity contribution >= 4 is 37.3 Å². The van der Waals surface area contributed by atoms with Gasteiger partial charge in [-0.05, 0) is 25.1 Å². The molecule has 0 fully saturated rings. The summed E-state index contributed by atoms with van der Waals surface area (Å²) in [4.78, 5) is 14.8. The smallest absolute Gasteiger partial charge is 0.258 e. The van der Waals surface area contributed by atoms with E-state index in [0.29, 0.717) is 5.01 Å². The molecule has 0 bridgehead atoms. The van der Waals surface area contributed by atoms with E-state index in [-0.39, 0.29) is 22.7 Å². The van der Waals surface area contributed by atoms with Gasteiger partial charge in [0.25, 0.3) is 5.69 Å². The number of hydrogen-bond acceptors (Lipinski definition) is 6. The summed E-state index contributed by atoms with van der Waals surface area (Å²) in [6.07, 6.45) is 0. The fourth-order valence-electron chi connectivity index (χ4n) is 2.51. The Balaban J connectivity index is 1.94. The number of rotatable bonds is 5. The van der Waals surface area contributed by atoms with Crippen molar-refractivity contribution in [2.75, 3.05) is 7.05 Å². The Morgan fingerprint density at radius 1 is 1.20 bits per heavy atom. The molecule has 0 unspecified atom stereocenters. The van der Waals surface area contributed by atoms with Gasteiger partial charge in [-0.25, -0.2) is 13.4 Å². The van der Waals surface area contributed by atoms with Gasteiger partial charge in [-0.2, -0.15) is 4.31 Å². The topological polar surface area (TPSA) is 93.4 Å². The second-order valence-corrected chi connectivity index (χ2v) is 8.62. The summed E-state index contributed by atoms with van der Waals surface area (Å²) in [6, 6.07) is 11.6. The average molecular weight is 377 g/mol. The molecular weight excluding hydrogens is 362 g/mol. The lowest BCUT2D eigenvalue weighted by Crippen LogP contribution is -2.27. The zero-order valence-corrected chi connectivity index (χ0v) is 15.2. The standard InChI is InChI=1S/C16H15N3O4S2/c1-11-13(19(20)21)7-5-9-15(11)25(22,23)18(2)10-16-17-12-6-3-4-8-14(12)24-16/h3-9H,10H2,1-2H3. The van der Waals surface area contributed by atoms with Crippen LogP contribution in [0.4, 0.5) is 5.69 Å². The Kier molecular flexibility index (Phi) is 4.55. The predicted molar refractivity (Wildman–Crippen MR) is 96.1 cm³/mol. The van der Waals surface area contributed by atoms with Crippen molar-refractivity contribution in [3.8, 4) is 0 Å². The third-order valence-electron chi connectivity index (χ3n) is 3.84. The van der Waals surface area contributed by atoms with Crippen LogP contribution in [-0.2, 0) is 16.6 Å². The first-order valence-corrected chi connectivity index (χ1v) is 9.61. The van der Waals surface area contributed by atoms with Crippen LogP contribution >= 0.6 is 11.3 Å². The van der Waals surface area contributed by atoms with Gasteiger partial charge in [0.05, 0.1) is 26.6 Å². The summed E-state index contributed by atoms with van der Waals surface area (Å²) in [7, 11) is -2.42. The highest BCUT2D eigenvalue weighted by molar-refractivity contribution is 7.89. The summed E-state index contributed by atoms with van der Waals surface area (Å²) >= 11 is 1.42. The van der Waals surface area contributed by atoms with Crippen molar-refractivity contribution in [2.24, 2.45) is 0 Å². The van der Waals surface area contributed by atoms with Crippen LogP contribution in [0.5, 0.6) is 0 Å². The fourth-order valence-corrected chi connectivity index (χ4v) is 4.98. The van der Waals surface area contributed by atoms with Crippen molar-refractivity contribution in [3.63, 3.8) is 0 Å². The normalized spacial score (nSPS) is 12.0. The van der Waals surface area contributed by atoms with Crippen molar-refractivity contribution in [1.82, 2.24) is 9.29 Å². The van der Waals surface area contributed by atoms with Crippen molar-refractivity contribution in [2.45, 2.75) is 18.4 Å². The van der Waals surface area contributed by atoms with Gasteiger partial charge in [0, 0.05) is 18.7 Å². The number of sulfonamides is 1. The highest BCUT2D eigenvalue weighted by Crippen LogP contribution is 2.28. The minimum absolute atomic E-state index is 0.0645. The highest BCUT2D eigenvalue weighted by Gasteiger charge is 2.27. The molecule has 130 valence electrons. The number of nitro benzene ring substituents is 1. The second kappa shape index (κ2) is 6.51. The molecule has 0 saturated heterocycles. The van der Waals surface area contributed by atoms with E-state index in [1.807, 2.05) is 24.3 Å². The molecule has 0 amide bonds. The quantitative estimate of drug-likeness (QED) is 0.502. The first kappa shape index (κ1) is 17.5. The number of fused-ring (bicyclic) bond motifs is 1. The lowest BCUT2D eigenvalue weighted by atomic mass is 10.2. The van der Waals surface area contributed by atoms with Crippen LogP contribution in [0, 0.1) is 17.0 Å². The minimum Gasteiger partial charge on any atom is -0.258 e. The van der Waals surface area contributed by atoms with Crippen molar-refractivity contribution in [1.29, 1.82) is 0 Å². The van der Waals surface area contributed by atoms with Crippen LogP contribution in [0.15, 0.2) is 47.4 Å². The maximum atomic E-state index is 12.8. The predicted octanol–water partition coefficient (Wildman–Crippen LogP) is 3.33. The van der Waals surface area contributed by atoms with Gasteiger partial charge in [0.15, 0.2) is 0 Å². The molecule has 0 spiro atoms. The third kappa shape index (κ3) is 3.26. The number of aromatic nitrogens is 1. The summed E-state index contributed by atoms with van der Waals surface area (Å²) in [5, 5.41) is 11.7. The molecule has 0 radical (unpaired) electrons.